The zero-order chi connectivity index (χ0) is 23.5. The Hall–Kier alpha value is -3.23. The van der Waals surface area contributed by atoms with Gasteiger partial charge in [-0.15, -0.1) is 11.3 Å². The maximum atomic E-state index is 13.2. The Morgan fingerprint density at radius 1 is 1.12 bits per heavy atom. The summed E-state index contributed by atoms with van der Waals surface area (Å²) in [6.45, 7) is 5.03. The normalized spacial score (nSPS) is 13.1. The number of hydrazine groups is 1. The Morgan fingerprint density at radius 2 is 1.82 bits per heavy atom. The molecule has 0 unspecified atom stereocenters. The van der Waals surface area contributed by atoms with E-state index in [9.17, 15) is 14.7 Å². The Labute approximate surface area is 197 Å². The lowest BCUT2D eigenvalue weighted by Gasteiger charge is -2.31. The summed E-state index contributed by atoms with van der Waals surface area (Å²) in [7, 11) is 1.75. The summed E-state index contributed by atoms with van der Waals surface area (Å²) in [4.78, 5) is 31.1. The number of carboxylic acids is 1. The fourth-order valence-electron chi connectivity index (χ4n) is 4.03. The summed E-state index contributed by atoms with van der Waals surface area (Å²) in [6, 6.07) is 14.0. The highest BCUT2D eigenvalue weighted by atomic mass is 32.1. The molecule has 1 aromatic heterocycles. The second-order valence-electron chi connectivity index (χ2n) is 8.26. The van der Waals surface area contributed by atoms with Crippen molar-refractivity contribution in [3.05, 3.63) is 70.2 Å². The standard InChI is InChI=1S/C25H28N4O3S/c1-4-21-16-33-25(26-21)18-10-9-17(2)22(11-18)28(15-24(31)32)14-23(30)27(3)29-12-19-7-5-6-8-20(19)13-29/h5-11,16H,4,12-15H2,1-3H3,(H,31,32). The summed E-state index contributed by atoms with van der Waals surface area (Å²) in [5.74, 6) is -1.14. The molecule has 0 atom stereocenters. The first-order valence-corrected chi connectivity index (χ1v) is 11.8. The molecule has 0 spiro atoms. The molecule has 7 nitrogen and oxygen atoms in total. The second kappa shape index (κ2) is 9.72. The van der Waals surface area contributed by atoms with Crippen LogP contribution in [0.4, 0.5) is 5.69 Å². The third kappa shape index (κ3) is 5.07. The number of likely N-dealkylation sites (N-methyl/N-ethyl adjacent to an activating group) is 1. The Kier molecular flexibility index (Phi) is 6.76. The van der Waals surface area contributed by atoms with Crippen molar-refractivity contribution in [2.75, 3.05) is 25.0 Å². The number of rotatable bonds is 8. The average Bonchev–Trinajstić information content (AvgIpc) is 3.45. The van der Waals surface area contributed by atoms with E-state index in [2.05, 4.69) is 24.0 Å². The highest BCUT2D eigenvalue weighted by Gasteiger charge is 2.27. The number of aromatic nitrogens is 1. The van der Waals surface area contributed by atoms with Gasteiger partial charge in [0.25, 0.3) is 5.91 Å². The molecular formula is C25H28N4O3S. The monoisotopic (exact) mass is 464 g/mol. The zero-order valence-corrected chi connectivity index (χ0v) is 19.9. The number of carboxylic acid groups (broad SMARTS) is 1. The van der Waals surface area contributed by atoms with Crippen LogP contribution in [0.2, 0.25) is 0 Å². The molecular weight excluding hydrogens is 436 g/mol. The number of hydrogen-bond acceptors (Lipinski definition) is 6. The van der Waals surface area contributed by atoms with Gasteiger partial charge in [-0.25, -0.2) is 9.99 Å². The van der Waals surface area contributed by atoms with Gasteiger partial charge in [0, 0.05) is 36.8 Å². The van der Waals surface area contributed by atoms with E-state index in [4.69, 9.17) is 0 Å². The first-order chi connectivity index (χ1) is 15.9. The third-order valence-electron chi connectivity index (χ3n) is 5.97. The van der Waals surface area contributed by atoms with E-state index in [1.165, 1.54) is 11.1 Å². The molecule has 0 aliphatic carbocycles. The lowest BCUT2D eigenvalue weighted by molar-refractivity contribution is -0.145. The quantitative estimate of drug-likeness (QED) is 0.544. The van der Waals surface area contributed by atoms with Gasteiger partial charge in [-0.2, -0.15) is 0 Å². The van der Waals surface area contributed by atoms with Crippen molar-refractivity contribution in [2.24, 2.45) is 0 Å². The number of amides is 1. The molecule has 1 aliphatic rings. The van der Waals surface area contributed by atoms with Crippen LogP contribution >= 0.6 is 11.3 Å². The topological polar surface area (TPSA) is 77.0 Å². The number of anilines is 1. The van der Waals surface area contributed by atoms with Crippen molar-refractivity contribution in [2.45, 2.75) is 33.4 Å². The molecule has 4 rings (SSSR count). The molecule has 172 valence electrons. The van der Waals surface area contributed by atoms with Crippen LogP contribution in [0.15, 0.2) is 47.8 Å². The summed E-state index contributed by atoms with van der Waals surface area (Å²) in [5, 5.41) is 16.1. The van der Waals surface area contributed by atoms with Gasteiger partial charge >= 0.3 is 5.97 Å². The van der Waals surface area contributed by atoms with E-state index >= 15 is 0 Å². The van der Waals surface area contributed by atoms with E-state index in [0.29, 0.717) is 13.1 Å². The number of nitrogens with zero attached hydrogens (tertiary/aromatic N) is 4. The number of carbonyl (C=O) groups excluding carboxylic acids is 1. The summed E-state index contributed by atoms with van der Waals surface area (Å²) < 4.78 is 0. The van der Waals surface area contributed by atoms with Crippen LogP contribution in [-0.2, 0) is 29.1 Å². The molecule has 1 amide bonds. The van der Waals surface area contributed by atoms with Crippen molar-refractivity contribution in [1.29, 1.82) is 0 Å². The van der Waals surface area contributed by atoms with E-state index in [1.807, 2.05) is 47.6 Å². The van der Waals surface area contributed by atoms with Crippen LogP contribution in [0.5, 0.6) is 0 Å². The summed E-state index contributed by atoms with van der Waals surface area (Å²) in [5.41, 5.74) is 6.01. The molecule has 2 heterocycles. The minimum atomic E-state index is -0.980. The van der Waals surface area contributed by atoms with Gasteiger partial charge in [0.15, 0.2) is 0 Å². The van der Waals surface area contributed by atoms with E-state index in [1.54, 1.807) is 28.3 Å². The molecule has 3 aromatic rings. The lowest BCUT2D eigenvalue weighted by Crippen LogP contribution is -2.47. The number of fused-ring (bicyclic) bond motifs is 1. The summed E-state index contributed by atoms with van der Waals surface area (Å²) >= 11 is 1.57. The number of benzene rings is 2. The highest BCUT2D eigenvalue weighted by molar-refractivity contribution is 7.13. The van der Waals surface area contributed by atoms with Crippen molar-refractivity contribution < 1.29 is 14.7 Å². The smallest absolute Gasteiger partial charge is 0.323 e. The van der Waals surface area contributed by atoms with E-state index in [0.717, 1.165) is 33.9 Å². The van der Waals surface area contributed by atoms with Crippen molar-refractivity contribution in [1.82, 2.24) is 15.0 Å². The molecule has 1 N–H and O–H groups in total. The highest BCUT2D eigenvalue weighted by Crippen LogP contribution is 2.30. The fraction of sp³-hybridized carbons (Fsp3) is 0.320. The first kappa shape index (κ1) is 22.9. The van der Waals surface area contributed by atoms with Crippen LogP contribution in [-0.4, -0.2) is 52.1 Å². The van der Waals surface area contributed by atoms with Crippen LogP contribution in [0.3, 0.4) is 0 Å². The van der Waals surface area contributed by atoms with E-state index < -0.39 is 5.97 Å². The lowest BCUT2D eigenvalue weighted by atomic mass is 10.1. The molecule has 8 heteroatoms. The minimum Gasteiger partial charge on any atom is -0.480 e. The number of aryl methyl sites for hydroxylation is 2. The molecule has 0 bridgehead atoms. The number of aliphatic carboxylic acids is 1. The third-order valence-corrected chi connectivity index (χ3v) is 6.91. The largest absolute Gasteiger partial charge is 0.480 e. The Bertz CT molecular complexity index is 1150. The summed E-state index contributed by atoms with van der Waals surface area (Å²) in [6.07, 6.45) is 0.863. The molecule has 0 saturated heterocycles. The second-order valence-corrected chi connectivity index (χ2v) is 9.12. The van der Waals surface area contributed by atoms with Crippen molar-refractivity contribution >= 4 is 28.9 Å². The molecule has 0 radical (unpaired) electrons. The minimum absolute atomic E-state index is 0.0297. The predicted octanol–water partition coefficient (Wildman–Crippen LogP) is 3.96. The Balaban J connectivity index is 1.55. The van der Waals surface area contributed by atoms with Crippen LogP contribution in [0.25, 0.3) is 10.6 Å². The zero-order valence-electron chi connectivity index (χ0n) is 19.1. The van der Waals surface area contributed by atoms with Crippen LogP contribution < -0.4 is 4.90 Å². The molecule has 33 heavy (non-hydrogen) atoms. The SMILES string of the molecule is CCc1csc(-c2ccc(C)c(N(CC(=O)O)CC(=O)N(C)N3Cc4ccccc4C3)c2)n1. The predicted molar refractivity (Wildman–Crippen MR) is 130 cm³/mol. The van der Waals surface area contributed by atoms with Gasteiger partial charge in [-0.3, -0.25) is 14.6 Å². The maximum Gasteiger partial charge on any atom is 0.323 e. The molecule has 1 aliphatic heterocycles. The van der Waals surface area contributed by atoms with Crippen molar-refractivity contribution in [3.8, 4) is 10.6 Å². The average molecular weight is 465 g/mol. The van der Waals surface area contributed by atoms with Gasteiger partial charge < -0.3 is 10.0 Å². The van der Waals surface area contributed by atoms with Crippen molar-refractivity contribution in [3.63, 3.8) is 0 Å². The molecule has 0 saturated carbocycles. The van der Waals surface area contributed by atoms with Gasteiger partial charge in [-0.05, 0) is 36.1 Å². The van der Waals surface area contributed by atoms with Crippen LogP contribution in [0.1, 0.15) is 29.3 Å². The first-order valence-electron chi connectivity index (χ1n) is 11.0. The number of thiazole rings is 1. The molecule has 0 fully saturated rings. The van der Waals surface area contributed by atoms with Gasteiger partial charge in [0.1, 0.15) is 11.6 Å². The maximum absolute atomic E-state index is 13.2. The van der Waals surface area contributed by atoms with Gasteiger partial charge in [-0.1, -0.05) is 43.3 Å². The Morgan fingerprint density at radius 3 is 2.42 bits per heavy atom. The van der Waals surface area contributed by atoms with Gasteiger partial charge in [0.2, 0.25) is 0 Å². The van der Waals surface area contributed by atoms with Crippen LogP contribution in [0, 0.1) is 6.92 Å². The number of hydrogen-bond donors (Lipinski definition) is 1. The van der Waals surface area contributed by atoms with Gasteiger partial charge in [0.05, 0.1) is 12.2 Å². The number of carbonyl (C=O) groups is 2. The fourth-order valence-corrected chi connectivity index (χ4v) is 4.93. The van der Waals surface area contributed by atoms with E-state index in [-0.39, 0.29) is 19.0 Å². The molecule has 2 aromatic carbocycles.